The van der Waals surface area contributed by atoms with E-state index < -0.39 is 0 Å². The summed E-state index contributed by atoms with van der Waals surface area (Å²) < 4.78 is 16.5. The van der Waals surface area contributed by atoms with Crippen molar-refractivity contribution >= 4 is 109 Å². The maximum Gasteiger partial charge on any atom is 0.258 e. The minimum Gasteiger partial charge on any atom is -0.497 e. The van der Waals surface area contributed by atoms with Gasteiger partial charge in [0.25, 0.3) is 11.8 Å². The van der Waals surface area contributed by atoms with Crippen molar-refractivity contribution in [2.45, 2.75) is 62.3 Å². The van der Waals surface area contributed by atoms with Crippen molar-refractivity contribution in [3.63, 3.8) is 0 Å². The highest BCUT2D eigenvalue weighted by Gasteiger charge is 2.37. The number of nitrogens with one attached hydrogen (secondary N) is 3. The molecule has 23 rings (SSSR count). The van der Waals surface area contributed by atoms with Gasteiger partial charge in [0, 0.05) is 119 Å². The Hall–Kier alpha value is -14.6. The lowest BCUT2D eigenvalue weighted by atomic mass is 9.82. The molecule has 0 aromatic heterocycles. The predicted octanol–water partition coefficient (Wildman–Crippen LogP) is 30.9. The second-order valence-electron chi connectivity index (χ2n) is 34.1. The largest absolute Gasteiger partial charge is 0.497 e. The van der Waals surface area contributed by atoms with E-state index in [2.05, 4.69) is 253 Å². The van der Waals surface area contributed by atoms with Crippen LogP contribution in [0.1, 0.15) is 162 Å². The topological polar surface area (TPSA) is 104 Å². The number of para-hydroxylation sites is 2. The molecular formula is C121H96Cl5N5O5. The van der Waals surface area contributed by atoms with Gasteiger partial charge in [-0.05, 0) is 256 Å². The van der Waals surface area contributed by atoms with Crippen LogP contribution in [0.4, 0.5) is 28.4 Å². The van der Waals surface area contributed by atoms with Crippen molar-refractivity contribution < 1.29 is 23.8 Å². The Bertz CT molecular complexity index is 7390. The molecule has 0 fully saturated rings. The third-order valence-electron chi connectivity index (χ3n) is 26.2. The van der Waals surface area contributed by atoms with Crippen LogP contribution in [0.5, 0.6) is 17.2 Å². The highest BCUT2D eigenvalue weighted by Crippen LogP contribution is 2.51. The molecule has 136 heavy (non-hydrogen) atoms. The Labute approximate surface area is 819 Å². The van der Waals surface area contributed by atoms with Crippen LogP contribution >= 0.6 is 58.0 Å². The van der Waals surface area contributed by atoms with Gasteiger partial charge in [-0.15, -0.1) is 0 Å². The molecule has 0 saturated heterocycles. The van der Waals surface area contributed by atoms with Gasteiger partial charge in [0.1, 0.15) is 17.2 Å². The first-order chi connectivity index (χ1) is 66.7. The molecule has 15 heteroatoms. The Morgan fingerprint density at radius 1 is 0.265 bits per heavy atom. The van der Waals surface area contributed by atoms with Crippen molar-refractivity contribution in [1.29, 1.82) is 0 Å². The standard InChI is InChI=1S/C28H23NO2.C27H21NO.C24H18ClN.2C21H17Cl2NO/c1-31-23-14-9-13-21(18-23)28(30)29-19-22-12-5-6-15-24(22)27(20-10-3-2-4-11-20)25-16-7-8-17-26(25)29;29-27(21-13-5-2-6-14-21)28-19-22-15-7-8-16-23(22)26(20-11-3-1-4-12-20)24-17-9-10-18-25(24)28;25-20-10-11-23-22(14-20)24(16-6-2-1-3-7-16)21-13-18-9-5-4-8-17(18)12-19(21)15-26-23;1-25-19-8-4-5-13-12-24-18-10-9-14(22)11-16(18)21(20(13)19)15-6-2-3-7-17(15)23;1-25-15-7-8-16-13(10-15)12-24-20-9-6-14(22)11-18(20)21(16)17-4-2-3-5-19(17)23/h2-18,27H,19H2,1H3;1-18,26H,19H2;1-14,24,26H,15H2;2*2-11,21,24H,12H2,1H3. The lowest BCUT2D eigenvalue weighted by Gasteiger charge is -2.25. The monoisotopic (exact) mass is 1870 g/mol. The van der Waals surface area contributed by atoms with E-state index >= 15 is 0 Å². The summed E-state index contributed by atoms with van der Waals surface area (Å²) in [5.74, 6) is 2.67. The highest BCUT2D eigenvalue weighted by molar-refractivity contribution is 6.33. The van der Waals surface area contributed by atoms with E-state index in [-0.39, 0.29) is 41.4 Å². The van der Waals surface area contributed by atoms with Crippen molar-refractivity contribution in [1.82, 2.24) is 0 Å². The maximum atomic E-state index is 13.7. The quantitative estimate of drug-likeness (QED) is 0.124. The van der Waals surface area contributed by atoms with Gasteiger partial charge in [0.15, 0.2) is 0 Å². The van der Waals surface area contributed by atoms with E-state index in [1.807, 2.05) is 186 Å². The number of halogens is 5. The number of carbonyl (C=O) groups is 2. The van der Waals surface area contributed by atoms with E-state index in [4.69, 9.17) is 72.2 Å². The minimum atomic E-state index is -0.0523. The number of nitrogens with zero attached hydrogens (tertiary/aromatic N) is 2. The number of amides is 2. The van der Waals surface area contributed by atoms with Crippen molar-refractivity contribution in [3.05, 3.63) is 566 Å². The van der Waals surface area contributed by atoms with Gasteiger partial charge in [-0.3, -0.25) is 9.59 Å². The zero-order valence-electron chi connectivity index (χ0n) is 75.1. The van der Waals surface area contributed by atoms with Crippen LogP contribution in [0.3, 0.4) is 0 Å². The molecule has 0 spiro atoms. The SMILES string of the molecule is COc1ccc2c(c1)CNc1ccc(Cl)cc1C2c1ccccc1Cl.COc1cccc(C(=O)N2Cc3ccccc3C(c3ccccc3)c3ccccc32)c1.COc1cccc2c1C(c1ccccc1Cl)c1cc(Cl)ccc1NC2.Clc1ccc2c(c1)C(c1ccccc1)c1cc3ccccc3cc1CN2.O=C(c1ccccc1)N1Cc2ccccc2C(c2ccccc2)c2ccccc21. The van der Waals surface area contributed by atoms with E-state index in [1.165, 1.54) is 77.5 Å². The summed E-state index contributed by atoms with van der Waals surface area (Å²) in [7, 11) is 5.01. The summed E-state index contributed by atoms with van der Waals surface area (Å²) in [6.07, 6.45) is 0. The van der Waals surface area contributed by atoms with E-state index in [0.29, 0.717) is 35.0 Å². The van der Waals surface area contributed by atoms with Crippen LogP contribution in [0.25, 0.3) is 10.8 Å². The Morgan fingerprint density at radius 2 is 0.632 bits per heavy atom. The zero-order chi connectivity index (χ0) is 93.1. The Kier molecular flexibility index (Phi) is 27.6. The first-order valence-electron chi connectivity index (χ1n) is 45.5. The fraction of sp³-hybridized carbons (Fsp3) is 0.107. The smallest absolute Gasteiger partial charge is 0.258 e. The second-order valence-corrected chi connectivity index (χ2v) is 36.2. The van der Waals surface area contributed by atoms with Crippen LogP contribution < -0.4 is 40.0 Å². The Balaban J connectivity index is 0.000000109. The molecule has 0 bridgehead atoms. The fourth-order valence-corrected chi connectivity index (χ4v) is 20.8. The molecule has 18 aromatic rings. The normalized spacial score (nSPS) is 15.3. The van der Waals surface area contributed by atoms with Crippen molar-refractivity contribution in [2.24, 2.45) is 0 Å². The first kappa shape index (κ1) is 90.6. The molecule has 10 nitrogen and oxygen atoms in total. The van der Waals surface area contributed by atoms with E-state index in [0.717, 1.165) is 124 Å². The molecule has 5 atom stereocenters. The van der Waals surface area contributed by atoms with Gasteiger partial charge in [-0.2, -0.15) is 0 Å². The molecule has 5 aliphatic heterocycles. The first-order valence-corrected chi connectivity index (χ1v) is 47.4. The molecule has 5 unspecified atom stereocenters. The molecule has 18 aromatic carbocycles. The number of benzene rings is 18. The number of rotatable bonds is 10. The van der Waals surface area contributed by atoms with Crippen LogP contribution in [-0.4, -0.2) is 33.1 Å². The number of anilines is 5. The van der Waals surface area contributed by atoms with Gasteiger partial charge in [0.05, 0.1) is 34.4 Å². The molecule has 0 saturated carbocycles. The molecule has 5 aliphatic rings. The summed E-state index contributed by atoms with van der Waals surface area (Å²) >= 11 is 32.2. The third-order valence-corrected chi connectivity index (χ3v) is 27.5. The third kappa shape index (κ3) is 19.2. The van der Waals surface area contributed by atoms with E-state index in [9.17, 15) is 9.59 Å². The van der Waals surface area contributed by atoms with Gasteiger partial charge in [0.2, 0.25) is 0 Å². The number of hydrogen-bond donors (Lipinski definition) is 3. The van der Waals surface area contributed by atoms with Gasteiger partial charge in [-0.25, -0.2) is 0 Å². The number of methoxy groups -OCH3 is 3. The van der Waals surface area contributed by atoms with Gasteiger partial charge >= 0.3 is 0 Å². The second kappa shape index (κ2) is 41.5. The summed E-state index contributed by atoms with van der Waals surface area (Å²) in [6.45, 7) is 3.35. The summed E-state index contributed by atoms with van der Waals surface area (Å²) in [6, 6.07) is 142. The van der Waals surface area contributed by atoms with Crippen molar-refractivity contribution in [3.8, 4) is 17.2 Å². The molecule has 670 valence electrons. The summed E-state index contributed by atoms with van der Waals surface area (Å²) in [4.78, 5) is 31.0. The predicted molar refractivity (Wildman–Crippen MR) is 559 cm³/mol. The van der Waals surface area contributed by atoms with Crippen molar-refractivity contribution in [2.75, 3.05) is 47.1 Å². The molecule has 0 aliphatic carbocycles. The van der Waals surface area contributed by atoms with Crippen LogP contribution in [0.15, 0.2) is 419 Å². The Morgan fingerprint density at radius 3 is 1.13 bits per heavy atom. The average molecular weight is 1880 g/mol. The zero-order valence-corrected chi connectivity index (χ0v) is 78.9. The van der Waals surface area contributed by atoms with Crippen LogP contribution in [0, 0.1) is 0 Å². The number of fused-ring (bicyclic) bond motifs is 11. The summed E-state index contributed by atoms with van der Waals surface area (Å²) in [5, 5.41) is 16.9. The number of ether oxygens (including phenoxy) is 3. The minimum absolute atomic E-state index is 0.0123. The van der Waals surface area contributed by atoms with Gasteiger partial charge < -0.3 is 40.0 Å². The molecule has 0 radical (unpaired) electrons. The summed E-state index contributed by atoms with van der Waals surface area (Å²) in [5.41, 5.74) is 30.4. The number of carbonyl (C=O) groups excluding carboxylic acids is 2. The lowest BCUT2D eigenvalue weighted by Crippen LogP contribution is -2.30. The van der Waals surface area contributed by atoms with Crippen LogP contribution in [0.2, 0.25) is 25.1 Å². The average Bonchev–Trinajstić information content (AvgIpc) is 1.56. The highest BCUT2D eigenvalue weighted by atomic mass is 35.5. The fourth-order valence-electron chi connectivity index (χ4n) is 19.8. The molecule has 2 amide bonds. The van der Waals surface area contributed by atoms with E-state index in [1.54, 1.807) is 27.4 Å². The van der Waals surface area contributed by atoms with Gasteiger partial charge in [-0.1, -0.05) is 337 Å². The van der Waals surface area contributed by atoms with Crippen LogP contribution in [-0.2, 0) is 32.7 Å². The molecular weight excluding hydrogens is 1780 g/mol. The number of hydrogen-bond acceptors (Lipinski definition) is 8. The maximum absolute atomic E-state index is 13.7. The molecule has 3 N–H and O–H groups in total. The molecule has 5 heterocycles. The lowest BCUT2D eigenvalue weighted by molar-refractivity contribution is 0.0977.